The Hall–Kier alpha value is -3.11. The van der Waals surface area contributed by atoms with Crippen LogP contribution in [0.25, 0.3) is 0 Å². The highest BCUT2D eigenvalue weighted by Crippen LogP contribution is 2.38. The number of aryl methyl sites for hydroxylation is 1. The van der Waals surface area contributed by atoms with Crippen LogP contribution in [0.15, 0.2) is 24.4 Å². The molecule has 1 aromatic carbocycles. The number of nitrogens with zero attached hydrogens (tertiary/aromatic N) is 3. The second kappa shape index (κ2) is 7.02. The van der Waals surface area contributed by atoms with E-state index in [1.807, 2.05) is 0 Å². The molecular weight excluding hydrogens is 346 g/mol. The molecule has 2 heterocycles. The Bertz CT molecular complexity index is 884. The first kappa shape index (κ1) is 17.7. The van der Waals surface area contributed by atoms with Gasteiger partial charge in [-0.05, 0) is 19.9 Å². The van der Waals surface area contributed by atoms with Crippen molar-refractivity contribution in [2.75, 3.05) is 0 Å². The van der Waals surface area contributed by atoms with E-state index in [4.69, 9.17) is 14.2 Å². The predicted octanol–water partition coefficient (Wildman–Crippen LogP) is 3.39. The van der Waals surface area contributed by atoms with Gasteiger partial charge in [-0.15, -0.1) is 0 Å². The average Bonchev–Trinajstić information content (AvgIpc) is 2.79. The lowest BCUT2D eigenvalue weighted by Crippen LogP contribution is -2.08. The second-order valence-corrected chi connectivity index (χ2v) is 5.63. The Kier molecular flexibility index (Phi) is 4.78. The van der Waals surface area contributed by atoms with Gasteiger partial charge in [0.25, 0.3) is 5.69 Å². The van der Waals surface area contributed by atoms with Crippen molar-refractivity contribution in [2.24, 2.45) is 0 Å². The molecule has 0 aliphatic carbocycles. The summed E-state index contributed by atoms with van der Waals surface area (Å²) in [6, 6.07) is 3.21. The van der Waals surface area contributed by atoms with Crippen molar-refractivity contribution in [3.8, 4) is 11.5 Å². The molecular formula is C16H15N3O7. The molecule has 10 heteroatoms. The Morgan fingerprint density at radius 3 is 2.62 bits per heavy atom. The molecule has 3 rings (SSSR count). The quantitative estimate of drug-likeness (QED) is 0.599. The number of fused-ring (bicyclic) bond motifs is 1. The molecule has 2 aromatic rings. The molecule has 0 bridgehead atoms. The van der Waals surface area contributed by atoms with Crippen LogP contribution in [-0.4, -0.2) is 21.1 Å². The summed E-state index contributed by atoms with van der Waals surface area (Å²) in [6.07, 6.45) is 1.23. The summed E-state index contributed by atoms with van der Waals surface area (Å²) in [7, 11) is 0. The van der Waals surface area contributed by atoms with Crippen molar-refractivity contribution in [2.45, 2.75) is 33.4 Å². The SMILES string of the molecule is Cc1ncc2c(c1Oc1ccc([N+](=O)[O-])cc1[N+](=O)[O-])COC(C)OC2. The topological polar surface area (TPSA) is 127 Å². The van der Waals surface area contributed by atoms with Crippen LogP contribution in [0.1, 0.15) is 23.7 Å². The Balaban J connectivity index is 2.05. The largest absolute Gasteiger partial charge is 0.448 e. The number of nitro benzene ring substituents is 2. The van der Waals surface area contributed by atoms with E-state index >= 15 is 0 Å². The summed E-state index contributed by atoms with van der Waals surface area (Å²) in [6.45, 7) is 3.91. The van der Waals surface area contributed by atoms with Gasteiger partial charge in [-0.3, -0.25) is 25.2 Å². The van der Waals surface area contributed by atoms with Crippen molar-refractivity contribution in [1.82, 2.24) is 4.98 Å². The van der Waals surface area contributed by atoms with Crippen LogP contribution in [0.2, 0.25) is 0 Å². The normalized spacial score (nSPS) is 16.5. The molecule has 1 aliphatic rings. The van der Waals surface area contributed by atoms with E-state index in [1.165, 1.54) is 6.07 Å². The molecule has 0 saturated carbocycles. The van der Waals surface area contributed by atoms with Crippen LogP contribution in [-0.2, 0) is 22.7 Å². The molecule has 26 heavy (non-hydrogen) atoms. The van der Waals surface area contributed by atoms with Crippen LogP contribution in [0, 0.1) is 27.2 Å². The first-order chi connectivity index (χ1) is 12.4. The van der Waals surface area contributed by atoms with E-state index in [0.717, 1.165) is 17.7 Å². The molecule has 0 spiro atoms. The number of rotatable bonds is 4. The van der Waals surface area contributed by atoms with E-state index in [9.17, 15) is 20.2 Å². The molecule has 1 unspecified atom stereocenters. The molecule has 0 amide bonds. The van der Waals surface area contributed by atoms with Crippen molar-refractivity contribution in [1.29, 1.82) is 0 Å². The Labute approximate surface area is 147 Å². The molecule has 1 aliphatic heterocycles. The number of hydrogen-bond donors (Lipinski definition) is 0. The maximum Gasteiger partial charge on any atom is 0.318 e. The number of pyridine rings is 1. The highest BCUT2D eigenvalue weighted by atomic mass is 16.7. The Morgan fingerprint density at radius 2 is 1.92 bits per heavy atom. The van der Waals surface area contributed by atoms with Crippen LogP contribution >= 0.6 is 0 Å². The number of nitro groups is 2. The van der Waals surface area contributed by atoms with Crippen molar-refractivity contribution in [3.63, 3.8) is 0 Å². The van der Waals surface area contributed by atoms with Gasteiger partial charge in [-0.25, -0.2) is 0 Å². The third-order valence-electron chi connectivity index (χ3n) is 3.90. The number of hydrogen-bond acceptors (Lipinski definition) is 8. The minimum atomic E-state index is -0.728. The van der Waals surface area contributed by atoms with E-state index in [2.05, 4.69) is 4.98 Å². The summed E-state index contributed by atoms with van der Waals surface area (Å²) in [5, 5.41) is 22.2. The van der Waals surface area contributed by atoms with Crippen molar-refractivity contribution in [3.05, 3.63) is 61.4 Å². The van der Waals surface area contributed by atoms with Crippen LogP contribution < -0.4 is 4.74 Å². The maximum absolute atomic E-state index is 11.3. The third kappa shape index (κ3) is 3.46. The number of non-ortho nitro benzene ring substituents is 1. The lowest BCUT2D eigenvalue weighted by Gasteiger charge is -2.14. The predicted molar refractivity (Wildman–Crippen MR) is 87.8 cm³/mol. The standard InChI is InChI=1S/C16H15N3O7/c1-9-16(13-8-25-10(2)24-7-11(13)6-17-9)26-15-4-3-12(18(20)21)5-14(15)19(22)23/h3-6,10H,7-8H2,1-2H3. The zero-order chi connectivity index (χ0) is 18.8. The van der Waals surface area contributed by atoms with Gasteiger partial charge in [0, 0.05) is 23.4 Å². The summed E-state index contributed by atoms with van der Waals surface area (Å²) in [5.74, 6) is 0.203. The molecule has 0 N–H and O–H groups in total. The van der Waals surface area contributed by atoms with E-state index in [1.54, 1.807) is 20.0 Å². The highest BCUT2D eigenvalue weighted by Gasteiger charge is 2.25. The fourth-order valence-electron chi connectivity index (χ4n) is 2.51. The van der Waals surface area contributed by atoms with Crippen LogP contribution in [0.3, 0.4) is 0 Å². The minimum absolute atomic E-state index is 0.114. The maximum atomic E-state index is 11.3. The molecule has 0 saturated heterocycles. The van der Waals surface area contributed by atoms with Gasteiger partial charge in [0.2, 0.25) is 5.75 Å². The monoisotopic (exact) mass is 361 g/mol. The van der Waals surface area contributed by atoms with Gasteiger partial charge in [-0.2, -0.15) is 0 Å². The zero-order valence-electron chi connectivity index (χ0n) is 14.0. The van der Waals surface area contributed by atoms with Gasteiger partial charge in [0.15, 0.2) is 12.0 Å². The fraction of sp³-hybridized carbons (Fsp3) is 0.312. The summed E-state index contributed by atoms with van der Waals surface area (Å²) in [4.78, 5) is 25.0. The summed E-state index contributed by atoms with van der Waals surface area (Å²) < 4.78 is 16.8. The van der Waals surface area contributed by atoms with Crippen molar-refractivity contribution >= 4 is 11.4 Å². The van der Waals surface area contributed by atoms with Crippen LogP contribution in [0.4, 0.5) is 11.4 Å². The van der Waals surface area contributed by atoms with Crippen LogP contribution in [0.5, 0.6) is 11.5 Å². The molecule has 1 atom stereocenters. The fourth-order valence-corrected chi connectivity index (χ4v) is 2.51. The van der Waals surface area contributed by atoms with E-state index in [-0.39, 0.29) is 19.0 Å². The number of ether oxygens (including phenoxy) is 3. The summed E-state index contributed by atoms with van der Waals surface area (Å²) in [5.41, 5.74) is 1.04. The van der Waals surface area contributed by atoms with Gasteiger partial charge >= 0.3 is 5.69 Å². The van der Waals surface area contributed by atoms with E-state index in [0.29, 0.717) is 17.0 Å². The van der Waals surface area contributed by atoms with E-state index < -0.39 is 27.5 Å². The lowest BCUT2D eigenvalue weighted by atomic mass is 10.1. The molecule has 136 valence electrons. The smallest absolute Gasteiger partial charge is 0.318 e. The zero-order valence-corrected chi connectivity index (χ0v) is 14.0. The second-order valence-electron chi connectivity index (χ2n) is 5.63. The minimum Gasteiger partial charge on any atom is -0.448 e. The third-order valence-corrected chi connectivity index (χ3v) is 3.90. The molecule has 1 aromatic heterocycles. The van der Waals surface area contributed by atoms with Gasteiger partial charge < -0.3 is 14.2 Å². The average molecular weight is 361 g/mol. The first-order valence-corrected chi connectivity index (χ1v) is 7.68. The summed E-state index contributed by atoms with van der Waals surface area (Å²) >= 11 is 0. The first-order valence-electron chi connectivity index (χ1n) is 7.68. The van der Waals surface area contributed by atoms with Crippen molar-refractivity contribution < 1.29 is 24.1 Å². The number of aromatic nitrogens is 1. The highest BCUT2D eigenvalue weighted by molar-refractivity contribution is 5.56. The molecule has 0 fully saturated rings. The molecule has 0 radical (unpaired) electrons. The van der Waals surface area contributed by atoms with Gasteiger partial charge in [0.05, 0.1) is 34.8 Å². The Morgan fingerprint density at radius 1 is 1.19 bits per heavy atom. The van der Waals surface area contributed by atoms with Gasteiger partial charge in [-0.1, -0.05) is 0 Å². The number of benzene rings is 1. The molecule has 10 nitrogen and oxygen atoms in total. The van der Waals surface area contributed by atoms with Gasteiger partial charge in [0.1, 0.15) is 0 Å². The lowest BCUT2D eigenvalue weighted by molar-refractivity contribution is -0.394.